The summed E-state index contributed by atoms with van der Waals surface area (Å²) >= 11 is 2.73. The van der Waals surface area contributed by atoms with Crippen LogP contribution in [0.3, 0.4) is 0 Å². The number of anilines is 1. The summed E-state index contributed by atoms with van der Waals surface area (Å²) in [5.74, 6) is -0.342. The summed E-state index contributed by atoms with van der Waals surface area (Å²) in [6.07, 6.45) is 1.87. The predicted molar refractivity (Wildman–Crippen MR) is 62.3 cm³/mol. The van der Waals surface area contributed by atoms with E-state index in [1.807, 2.05) is 6.26 Å². The van der Waals surface area contributed by atoms with Crippen LogP contribution in [-0.4, -0.2) is 34.9 Å². The molecular weight excluding hydrogens is 234 g/mol. The third-order valence-corrected chi connectivity index (χ3v) is 3.54. The first-order valence-electron chi connectivity index (χ1n) is 4.30. The number of hydrogen-bond acceptors (Lipinski definition) is 6. The molecule has 0 unspecified atom stereocenters. The summed E-state index contributed by atoms with van der Waals surface area (Å²) < 4.78 is 0.759. The maximum atomic E-state index is 11.6. The van der Waals surface area contributed by atoms with E-state index in [0.717, 1.165) is 4.34 Å². The molecule has 0 saturated heterocycles. The number of amides is 1. The van der Waals surface area contributed by atoms with Crippen molar-refractivity contribution in [3.63, 3.8) is 0 Å². The zero-order valence-electron chi connectivity index (χ0n) is 8.48. The molecule has 1 amide bonds. The Balaban J connectivity index is 2.77. The normalized spacial score (nSPS) is 12.5. The molecule has 0 fully saturated rings. The van der Waals surface area contributed by atoms with E-state index >= 15 is 0 Å². The molecule has 84 valence electrons. The van der Waals surface area contributed by atoms with Crippen molar-refractivity contribution < 1.29 is 9.90 Å². The van der Waals surface area contributed by atoms with E-state index in [4.69, 9.17) is 10.8 Å². The Morgan fingerprint density at radius 2 is 2.47 bits per heavy atom. The van der Waals surface area contributed by atoms with Crippen LogP contribution in [0.15, 0.2) is 4.34 Å². The van der Waals surface area contributed by atoms with E-state index in [1.165, 1.54) is 23.1 Å². The molecular formula is C8H13N3O2S2. The van der Waals surface area contributed by atoms with Crippen LogP contribution in [0, 0.1) is 0 Å². The van der Waals surface area contributed by atoms with Crippen LogP contribution >= 0.6 is 23.1 Å². The predicted octanol–water partition coefficient (Wildman–Crippen LogP) is 0.558. The van der Waals surface area contributed by atoms with Crippen LogP contribution in [-0.2, 0) is 0 Å². The highest BCUT2D eigenvalue weighted by molar-refractivity contribution is 8.00. The number of nitrogens with zero attached hydrogens (tertiary/aromatic N) is 1. The van der Waals surface area contributed by atoms with E-state index in [1.54, 1.807) is 6.92 Å². The van der Waals surface area contributed by atoms with Gasteiger partial charge in [-0.05, 0) is 13.2 Å². The van der Waals surface area contributed by atoms with Crippen molar-refractivity contribution in [1.82, 2.24) is 10.3 Å². The van der Waals surface area contributed by atoms with Gasteiger partial charge in [-0.2, -0.15) is 0 Å². The molecule has 5 nitrogen and oxygen atoms in total. The highest BCUT2D eigenvalue weighted by Gasteiger charge is 2.17. The van der Waals surface area contributed by atoms with Gasteiger partial charge in [0.05, 0.1) is 6.61 Å². The molecule has 15 heavy (non-hydrogen) atoms. The van der Waals surface area contributed by atoms with Gasteiger partial charge in [0.25, 0.3) is 5.91 Å². The molecule has 1 heterocycles. The van der Waals surface area contributed by atoms with Crippen LogP contribution in [0.2, 0.25) is 0 Å². The van der Waals surface area contributed by atoms with E-state index in [0.29, 0.717) is 5.00 Å². The lowest BCUT2D eigenvalue weighted by atomic mass is 10.3. The van der Waals surface area contributed by atoms with Crippen molar-refractivity contribution in [3.05, 3.63) is 5.69 Å². The zero-order chi connectivity index (χ0) is 11.4. The zero-order valence-corrected chi connectivity index (χ0v) is 10.1. The third kappa shape index (κ3) is 3.08. The monoisotopic (exact) mass is 247 g/mol. The molecule has 1 aromatic heterocycles. The number of hydrogen-bond donors (Lipinski definition) is 3. The number of nitrogens with two attached hydrogens (primary N) is 1. The number of aromatic nitrogens is 1. The van der Waals surface area contributed by atoms with Gasteiger partial charge in [-0.1, -0.05) is 23.1 Å². The summed E-state index contributed by atoms with van der Waals surface area (Å²) in [5, 5.41) is 11.8. The van der Waals surface area contributed by atoms with Gasteiger partial charge in [0.15, 0.2) is 10.0 Å². The molecule has 0 aliphatic rings. The molecule has 0 aliphatic carbocycles. The standard InChI is InChI=1S/C8H13N3O2S2/c1-4(3-12)10-7(13)5-6(9)15-8(11-5)14-2/h4,12H,3,9H2,1-2H3,(H,10,13)/t4-/m0/s1. The molecule has 0 radical (unpaired) electrons. The van der Waals surface area contributed by atoms with E-state index in [9.17, 15) is 4.79 Å². The number of carbonyl (C=O) groups is 1. The number of aliphatic hydroxyl groups is 1. The molecule has 1 rings (SSSR count). The van der Waals surface area contributed by atoms with Gasteiger partial charge in [0.2, 0.25) is 0 Å². The fraction of sp³-hybridized carbons (Fsp3) is 0.500. The molecule has 0 bridgehead atoms. The van der Waals surface area contributed by atoms with E-state index in [2.05, 4.69) is 10.3 Å². The molecule has 0 aliphatic heterocycles. The Kier molecular flexibility index (Phi) is 4.37. The second kappa shape index (κ2) is 5.34. The average molecular weight is 247 g/mol. The lowest BCUT2D eigenvalue weighted by molar-refractivity contribution is 0.0918. The van der Waals surface area contributed by atoms with E-state index in [-0.39, 0.29) is 24.2 Å². The van der Waals surface area contributed by atoms with Gasteiger partial charge in [-0.25, -0.2) is 4.98 Å². The van der Waals surface area contributed by atoms with Crippen LogP contribution in [0.5, 0.6) is 0 Å². The first kappa shape index (κ1) is 12.3. The minimum atomic E-state index is -0.342. The van der Waals surface area contributed by atoms with Crippen molar-refractivity contribution in [2.45, 2.75) is 17.3 Å². The fourth-order valence-corrected chi connectivity index (χ4v) is 2.24. The summed E-state index contributed by atoms with van der Waals surface area (Å²) in [6.45, 7) is 1.60. The van der Waals surface area contributed by atoms with Gasteiger partial charge in [0.1, 0.15) is 5.00 Å². The first-order chi connectivity index (χ1) is 7.08. The second-order valence-electron chi connectivity index (χ2n) is 2.95. The van der Waals surface area contributed by atoms with E-state index < -0.39 is 0 Å². The number of rotatable bonds is 4. The Morgan fingerprint density at radius 3 is 2.93 bits per heavy atom. The quantitative estimate of drug-likeness (QED) is 0.677. The smallest absolute Gasteiger partial charge is 0.273 e. The Morgan fingerprint density at radius 1 is 1.80 bits per heavy atom. The molecule has 1 aromatic rings. The Labute approximate surface area is 96.1 Å². The third-order valence-electron chi connectivity index (χ3n) is 1.67. The number of thiazole rings is 1. The summed E-state index contributed by atoms with van der Waals surface area (Å²) in [4.78, 5) is 15.7. The van der Waals surface area contributed by atoms with Crippen LogP contribution < -0.4 is 11.1 Å². The van der Waals surface area contributed by atoms with Gasteiger partial charge in [-0.3, -0.25) is 4.79 Å². The minimum Gasteiger partial charge on any atom is -0.394 e. The van der Waals surface area contributed by atoms with Gasteiger partial charge < -0.3 is 16.2 Å². The SMILES string of the molecule is CSc1nc(C(=O)N[C@@H](C)CO)c(N)s1. The average Bonchev–Trinajstić information content (AvgIpc) is 2.59. The summed E-state index contributed by atoms with van der Waals surface area (Å²) in [7, 11) is 0. The van der Waals surface area contributed by atoms with Crippen molar-refractivity contribution in [2.75, 3.05) is 18.6 Å². The maximum Gasteiger partial charge on any atom is 0.273 e. The highest BCUT2D eigenvalue weighted by Crippen LogP contribution is 2.27. The number of nitrogens with one attached hydrogen (secondary N) is 1. The topological polar surface area (TPSA) is 88.2 Å². The molecule has 0 spiro atoms. The molecule has 0 aromatic carbocycles. The highest BCUT2D eigenvalue weighted by atomic mass is 32.2. The van der Waals surface area contributed by atoms with Crippen LogP contribution in [0.4, 0.5) is 5.00 Å². The minimum absolute atomic E-state index is 0.106. The molecule has 4 N–H and O–H groups in total. The van der Waals surface area contributed by atoms with Gasteiger partial charge in [-0.15, -0.1) is 0 Å². The summed E-state index contributed by atoms with van der Waals surface area (Å²) in [6, 6.07) is -0.295. The molecule has 0 saturated carbocycles. The van der Waals surface area contributed by atoms with Crippen LogP contribution in [0.25, 0.3) is 0 Å². The number of nitrogen functional groups attached to an aromatic ring is 1. The fourth-order valence-electron chi connectivity index (χ4n) is 0.899. The number of aliphatic hydroxyl groups excluding tert-OH is 1. The van der Waals surface area contributed by atoms with Crippen molar-refractivity contribution in [3.8, 4) is 0 Å². The first-order valence-corrected chi connectivity index (χ1v) is 6.34. The molecule has 1 atom stereocenters. The number of carbonyl (C=O) groups excluding carboxylic acids is 1. The lowest BCUT2D eigenvalue weighted by Crippen LogP contribution is -2.35. The summed E-state index contributed by atoms with van der Waals surface area (Å²) in [5.41, 5.74) is 5.89. The Hall–Kier alpha value is -0.790. The Bertz CT molecular complexity index is 354. The van der Waals surface area contributed by atoms with Crippen molar-refractivity contribution in [2.24, 2.45) is 0 Å². The molecule has 7 heteroatoms. The lowest BCUT2D eigenvalue weighted by Gasteiger charge is -2.09. The second-order valence-corrected chi connectivity index (χ2v) is 5.04. The van der Waals surface area contributed by atoms with Gasteiger partial charge in [0, 0.05) is 6.04 Å². The van der Waals surface area contributed by atoms with Crippen LogP contribution in [0.1, 0.15) is 17.4 Å². The van der Waals surface area contributed by atoms with Crippen molar-refractivity contribution >= 4 is 34.0 Å². The number of thioether (sulfide) groups is 1. The maximum absolute atomic E-state index is 11.6. The van der Waals surface area contributed by atoms with Crippen molar-refractivity contribution in [1.29, 1.82) is 0 Å². The van der Waals surface area contributed by atoms with Gasteiger partial charge >= 0.3 is 0 Å². The largest absolute Gasteiger partial charge is 0.394 e.